The first-order chi connectivity index (χ1) is 13.9. The molecule has 2 aromatic carbocycles. The van der Waals surface area contributed by atoms with Gasteiger partial charge in [-0.2, -0.15) is 0 Å². The number of nitrogens with zero attached hydrogens (tertiary/aromatic N) is 1. The predicted octanol–water partition coefficient (Wildman–Crippen LogP) is 5.02. The number of carbonyl (C=O) groups excluding carboxylic acids is 2. The van der Waals surface area contributed by atoms with Crippen molar-refractivity contribution in [1.29, 1.82) is 0 Å². The highest BCUT2D eigenvalue weighted by atomic mass is 35.5. The number of hydrogen-bond donors (Lipinski definition) is 1. The first-order valence-corrected chi connectivity index (χ1v) is 10.0. The van der Waals surface area contributed by atoms with Crippen molar-refractivity contribution < 1.29 is 18.7 Å². The summed E-state index contributed by atoms with van der Waals surface area (Å²) in [6, 6.07) is 11.6. The molecule has 5 nitrogen and oxygen atoms in total. The Morgan fingerprint density at radius 1 is 1.17 bits per heavy atom. The van der Waals surface area contributed by atoms with Crippen LogP contribution in [0.15, 0.2) is 42.5 Å². The molecule has 1 saturated carbocycles. The van der Waals surface area contributed by atoms with Crippen LogP contribution in [0.25, 0.3) is 11.1 Å². The Hall–Kier alpha value is -2.60. The molecule has 0 heterocycles. The van der Waals surface area contributed by atoms with Gasteiger partial charge in [-0.05, 0) is 54.7 Å². The molecule has 154 valence electrons. The molecular weight excluding hydrogens is 395 g/mol. The molecule has 0 saturated heterocycles. The van der Waals surface area contributed by atoms with E-state index < -0.39 is 11.9 Å². The second-order valence-electron chi connectivity index (χ2n) is 7.22. The maximum atomic E-state index is 13.6. The van der Waals surface area contributed by atoms with Crippen molar-refractivity contribution in [2.24, 2.45) is 0 Å². The monoisotopic (exact) mass is 418 g/mol. The van der Waals surface area contributed by atoms with E-state index in [9.17, 15) is 14.0 Å². The van der Waals surface area contributed by atoms with E-state index in [1.807, 2.05) is 6.92 Å². The van der Waals surface area contributed by atoms with Gasteiger partial charge in [0.1, 0.15) is 11.6 Å². The fourth-order valence-electron chi connectivity index (χ4n) is 3.48. The fourth-order valence-corrected chi connectivity index (χ4v) is 3.60. The molecule has 1 N–H and O–H groups in total. The average Bonchev–Trinajstić information content (AvgIpc) is 3.18. The van der Waals surface area contributed by atoms with Gasteiger partial charge in [0, 0.05) is 25.6 Å². The molecular formula is C22H24ClFN2O3. The Labute approximate surface area is 174 Å². The molecule has 1 aliphatic carbocycles. The standard InChI is InChI=1S/C22H24ClFN2O3/c1-3-21(27)25-16-7-8-17(13-16)26(2)22(28)29-18-9-4-14(5-10-18)15-6-11-19(23)20(24)12-15/h4-6,9-12,16-17H,3,7-8,13H2,1-2H3,(H,25,27)/t16-,17+/m0/s1. The number of benzene rings is 2. The second-order valence-corrected chi connectivity index (χ2v) is 7.62. The van der Waals surface area contributed by atoms with Crippen LogP contribution in [0.4, 0.5) is 9.18 Å². The maximum Gasteiger partial charge on any atom is 0.415 e. The fraction of sp³-hybridized carbons (Fsp3) is 0.364. The van der Waals surface area contributed by atoms with Gasteiger partial charge in [-0.15, -0.1) is 0 Å². The van der Waals surface area contributed by atoms with Gasteiger partial charge in [-0.3, -0.25) is 4.79 Å². The topological polar surface area (TPSA) is 58.6 Å². The van der Waals surface area contributed by atoms with Gasteiger partial charge < -0.3 is 15.0 Å². The third-order valence-electron chi connectivity index (χ3n) is 5.24. The Balaban J connectivity index is 1.57. The van der Waals surface area contributed by atoms with Crippen molar-refractivity contribution in [1.82, 2.24) is 10.2 Å². The van der Waals surface area contributed by atoms with Gasteiger partial charge in [0.2, 0.25) is 5.91 Å². The van der Waals surface area contributed by atoms with Crippen LogP contribution in [0.2, 0.25) is 5.02 Å². The molecule has 2 amide bonds. The van der Waals surface area contributed by atoms with Gasteiger partial charge in [-0.1, -0.05) is 36.7 Å². The SMILES string of the molecule is CCC(=O)N[C@H]1CC[C@@H](N(C)C(=O)Oc2ccc(-c3ccc(Cl)c(F)c3)cc2)C1. The van der Waals surface area contributed by atoms with Crippen LogP contribution in [0.5, 0.6) is 5.75 Å². The molecule has 0 spiro atoms. The maximum absolute atomic E-state index is 13.6. The van der Waals surface area contributed by atoms with Crippen LogP contribution in [0.1, 0.15) is 32.6 Å². The molecule has 2 atom stereocenters. The zero-order valence-corrected chi connectivity index (χ0v) is 17.2. The van der Waals surface area contributed by atoms with E-state index in [0.29, 0.717) is 17.7 Å². The second kappa shape index (κ2) is 9.27. The van der Waals surface area contributed by atoms with Gasteiger partial charge in [0.05, 0.1) is 5.02 Å². The molecule has 29 heavy (non-hydrogen) atoms. The zero-order valence-electron chi connectivity index (χ0n) is 16.5. The van der Waals surface area contributed by atoms with Gasteiger partial charge in [0.25, 0.3) is 0 Å². The zero-order chi connectivity index (χ0) is 21.0. The third kappa shape index (κ3) is 5.26. The summed E-state index contributed by atoms with van der Waals surface area (Å²) in [7, 11) is 1.71. The average molecular weight is 419 g/mol. The Morgan fingerprint density at radius 2 is 1.86 bits per heavy atom. The summed E-state index contributed by atoms with van der Waals surface area (Å²) in [4.78, 5) is 25.6. The van der Waals surface area contributed by atoms with Crippen LogP contribution in [-0.4, -0.2) is 36.0 Å². The third-order valence-corrected chi connectivity index (χ3v) is 5.55. The van der Waals surface area contributed by atoms with E-state index in [1.54, 1.807) is 42.3 Å². The van der Waals surface area contributed by atoms with E-state index in [4.69, 9.17) is 16.3 Å². The summed E-state index contributed by atoms with van der Waals surface area (Å²) in [5.41, 5.74) is 1.48. The highest BCUT2D eigenvalue weighted by Gasteiger charge is 2.31. The lowest BCUT2D eigenvalue weighted by Crippen LogP contribution is -2.39. The number of rotatable bonds is 5. The highest BCUT2D eigenvalue weighted by molar-refractivity contribution is 6.30. The van der Waals surface area contributed by atoms with Crippen molar-refractivity contribution in [3.05, 3.63) is 53.3 Å². The number of nitrogens with one attached hydrogen (secondary N) is 1. The molecule has 1 fully saturated rings. The number of amides is 2. The van der Waals surface area contributed by atoms with Crippen LogP contribution in [-0.2, 0) is 4.79 Å². The summed E-state index contributed by atoms with van der Waals surface area (Å²) in [6.45, 7) is 1.82. The molecule has 0 bridgehead atoms. The van der Waals surface area contributed by atoms with Crippen LogP contribution >= 0.6 is 11.6 Å². The number of ether oxygens (including phenoxy) is 1. The van der Waals surface area contributed by atoms with E-state index in [-0.39, 0.29) is 23.0 Å². The van der Waals surface area contributed by atoms with Crippen molar-refractivity contribution >= 4 is 23.6 Å². The van der Waals surface area contributed by atoms with Crippen LogP contribution in [0, 0.1) is 5.82 Å². The van der Waals surface area contributed by atoms with E-state index >= 15 is 0 Å². The van der Waals surface area contributed by atoms with E-state index in [2.05, 4.69) is 5.32 Å². The molecule has 7 heteroatoms. The van der Waals surface area contributed by atoms with Crippen LogP contribution in [0.3, 0.4) is 0 Å². The number of carbonyl (C=O) groups is 2. The normalized spacial score (nSPS) is 18.3. The molecule has 1 aliphatic rings. The van der Waals surface area contributed by atoms with Crippen LogP contribution < -0.4 is 10.1 Å². The summed E-state index contributed by atoms with van der Waals surface area (Å²) in [6.07, 6.45) is 2.40. The molecule has 0 aliphatic heterocycles. The van der Waals surface area contributed by atoms with Gasteiger partial charge in [-0.25, -0.2) is 9.18 Å². The lowest BCUT2D eigenvalue weighted by atomic mass is 10.1. The first-order valence-electron chi connectivity index (χ1n) is 9.67. The summed E-state index contributed by atoms with van der Waals surface area (Å²) >= 11 is 5.72. The van der Waals surface area contributed by atoms with Crippen molar-refractivity contribution in [3.63, 3.8) is 0 Å². The van der Waals surface area contributed by atoms with Crippen molar-refractivity contribution in [2.75, 3.05) is 7.05 Å². The molecule has 3 rings (SSSR count). The number of hydrogen-bond acceptors (Lipinski definition) is 3. The molecule has 2 aromatic rings. The minimum Gasteiger partial charge on any atom is -0.410 e. The largest absolute Gasteiger partial charge is 0.415 e. The first kappa shape index (κ1) is 21.1. The summed E-state index contributed by atoms with van der Waals surface area (Å²) in [5.74, 6) is -0.0401. The van der Waals surface area contributed by atoms with Crippen molar-refractivity contribution in [2.45, 2.75) is 44.7 Å². The van der Waals surface area contributed by atoms with E-state index in [0.717, 1.165) is 24.8 Å². The van der Waals surface area contributed by atoms with Gasteiger partial charge >= 0.3 is 6.09 Å². The lowest BCUT2D eigenvalue weighted by Gasteiger charge is -2.24. The predicted molar refractivity (Wildman–Crippen MR) is 110 cm³/mol. The smallest absolute Gasteiger partial charge is 0.410 e. The summed E-state index contributed by atoms with van der Waals surface area (Å²) < 4.78 is 19.1. The molecule has 0 unspecified atom stereocenters. The minimum absolute atomic E-state index is 0.0287. The Kier molecular flexibility index (Phi) is 6.75. The molecule has 0 aromatic heterocycles. The summed E-state index contributed by atoms with van der Waals surface area (Å²) in [5, 5.41) is 3.05. The lowest BCUT2D eigenvalue weighted by molar-refractivity contribution is -0.121. The minimum atomic E-state index is -0.480. The quantitative estimate of drug-likeness (QED) is 0.741. The van der Waals surface area contributed by atoms with Gasteiger partial charge in [0.15, 0.2) is 0 Å². The number of halogens is 2. The highest BCUT2D eigenvalue weighted by Crippen LogP contribution is 2.27. The Morgan fingerprint density at radius 3 is 2.52 bits per heavy atom. The molecule has 0 radical (unpaired) electrons. The Bertz CT molecular complexity index is 888. The van der Waals surface area contributed by atoms with E-state index in [1.165, 1.54) is 12.1 Å². The van der Waals surface area contributed by atoms with Crippen molar-refractivity contribution in [3.8, 4) is 16.9 Å².